The number of ether oxygens (including phenoxy) is 1. The van der Waals surface area contributed by atoms with Crippen LogP contribution < -0.4 is 27.0 Å². The number of nitrogen functional groups attached to an aromatic ring is 1. The number of amides is 1. The van der Waals surface area contributed by atoms with E-state index < -0.39 is 22.8 Å². The molecular weight excluding hydrogens is 516 g/mol. The fraction of sp³-hybridized carbons (Fsp3) is 0.320. The second-order valence-electron chi connectivity index (χ2n) is 9.04. The number of hydrogen-bond donors (Lipinski definition) is 3. The number of hydrogen-bond acceptors (Lipinski definition) is 6. The lowest BCUT2D eigenvalue weighted by molar-refractivity contribution is -0.131. The number of nitrogens with two attached hydrogens (primary N) is 1. The van der Waals surface area contributed by atoms with Gasteiger partial charge in [0.1, 0.15) is 23.0 Å². The van der Waals surface area contributed by atoms with Gasteiger partial charge in [-0.25, -0.2) is 9.36 Å². The van der Waals surface area contributed by atoms with Crippen LogP contribution in [-0.4, -0.2) is 25.7 Å². The topological polar surface area (TPSA) is 129 Å². The first-order chi connectivity index (χ1) is 16.4. The van der Waals surface area contributed by atoms with Gasteiger partial charge in [0.15, 0.2) is 5.60 Å². The Morgan fingerprint density at radius 1 is 1.20 bits per heavy atom. The number of aromatic nitrogens is 2. The van der Waals surface area contributed by atoms with Crippen molar-refractivity contribution in [3.63, 3.8) is 0 Å². The van der Waals surface area contributed by atoms with Gasteiger partial charge in [-0.1, -0.05) is 22.0 Å². The van der Waals surface area contributed by atoms with Crippen LogP contribution in [-0.2, 0) is 18.3 Å². The minimum absolute atomic E-state index is 0.183. The number of rotatable bonds is 3. The predicted molar refractivity (Wildman–Crippen MR) is 138 cm³/mol. The lowest BCUT2D eigenvalue weighted by atomic mass is 9.86. The Kier molecular flexibility index (Phi) is 6.04. The summed E-state index contributed by atoms with van der Waals surface area (Å²) in [7, 11) is 1.32. The number of carbonyl (C=O) groups excluding carboxylic acids is 1. The van der Waals surface area contributed by atoms with E-state index in [0.29, 0.717) is 29.8 Å². The smallest absolute Gasteiger partial charge is 0.337 e. The van der Waals surface area contributed by atoms with Gasteiger partial charge in [-0.05, 0) is 69.0 Å². The van der Waals surface area contributed by atoms with E-state index >= 15 is 0 Å². The fourth-order valence-electron chi connectivity index (χ4n) is 4.36. The van der Waals surface area contributed by atoms with Gasteiger partial charge < -0.3 is 20.9 Å². The van der Waals surface area contributed by atoms with E-state index in [4.69, 9.17) is 10.5 Å². The van der Waals surface area contributed by atoms with Crippen molar-refractivity contribution in [2.45, 2.75) is 46.1 Å². The molecule has 10 heteroatoms. The summed E-state index contributed by atoms with van der Waals surface area (Å²) in [6.07, 6.45) is 0.824. The summed E-state index contributed by atoms with van der Waals surface area (Å²) in [6.45, 7) is 7.09. The molecule has 1 amide bonds. The highest BCUT2D eigenvalue weighted by molar-refractivity contribution is 9.10. The molecule has 0 spiro atoms. The Morgan fingerprint density at radius 2 is 1.89 bits per heavy atom. The summed E-state index contributed by atoms with van der Waals surface area (Å²) < 4.78 is 9.00. The summed E-state index contributed by atoms with van der Waals surface area (Å²) >= 11 is 3.37. The third-order valence-corrected chi connectivity index (χ3v) is 7.29. The lowest BCUT2D eigenvalue weighted by Crippen LogP contribution is -2.50. The number of fused-ring (bicyclic) bond motifs is 1. The van der Waals surface area contributed by atoms with Crippen LogP contribution in [0.3, 0.4) is 0 Å². The number of halogens is 1. The molecule has 1 unspecified atom stereocenters. The van der Waals surface area contributed by atoms with Gasteiger partial charge in [0.25, 0.3) is 11.5 Å². The lowest BCUT2D eigenvalue weighted by Gasteiger charge is -2.36. The molecule has 0 saturated carbocycles. The molecular formula is C25H27BrN4O5. The van der Waals surface area contributed by atoms with Crippen LogP contribution in [0.25, 0.3) is 5.69 Å². The summed E-state index contributed by atoms with van der Waals surface area (Å²) in [6, 6.07) is 6.87. The molecule has 0 saturated heterocycles. The third kappa shape index (κ3) is 3.91. The summed E-state index contributed by atoms with van der Waals surface area (Å²) in [4.78, 5) is 39.3. The van der Waals surface area contributed by atoms with E-state index in [9.17, 15) is 19.5 Å². The molecule has 0 fully saturated rings. The van der Waals surface area contributed by atoms with Gasteiger partial charge >= 0.3 is 5.69 Å². The minimum Gasteiger partial charge on any atom is -0.507 e. The van der Waals surface area contributed by atoms with E-state index in [1.165, 1.54) is 11.6 Å². The number of nitrogens with one attached hydrogen (secondary N) is 1. The highest BCUT2D eigenvalue weighted by atomic mass is 79.9. The Balaban J connectivity index is 1.76. The molecule has 0 bridgehead atoms. The molecule has 0 aliphatic carbocycles. The standard InChI is InChI=1S/C25H27BrN4O5/c1-12-13(2)20-17(14(3)19(12)31)9-10-25(4,35-20)23(33)28-18-21(27)30(24(34)29(5)22(18)32)16-8-6-7-15(26)11-16/h6-8,11,31H,9-10,27H2,1-5H3,(H,28,33). The zero-order valence-electron chi connectivity index (χ0n) is 20.2. The normalized spacial score (nSPS) is 17.0. The number of benzene rings is 2. The number of phenols is 1. The maximum Gasteiger partial charge on any atom is 0.337 e. The van der Waals surface area contributed by atoms with Gasteiger partial charge in [-0.2, -0.15) is 0 Å². The minimum atomic E-state index is -1.30. The molecule has 184 valence electrons. The van der Waals surface area contributed by atoms with Crippen LogP contribution in [0.2, 0.25) is 0 Å². The van der Waals surface area contributed by atoms with E-state index in [1.54, 1.807) is 38.1 Å². The zero-order valence-corrected chi connectivity index (χ0v) is 21.7. The zero-order chi connectivity index (χ0) is 25.8. The van der Waals surface area contributed by atoms with E-state index in [0.717, 1.165) is 25.7 Å². The fourth-order valence-corrected chi connectivity index (χ4v) is 4.75. The quantitative estimate of drug-likeness (QED) is 0.466. The molecule has 2 aromatic carbocycles. The van der Waals surface area contributed by atoms with Gasteiger partial charge in [-0.15, -0.1) is 0 Å². The van der Waals surface area contributed by atoms with Crippen molar-refractivity contribution in [1.29, 1.82) is 0 Å². The van der Waals surface area contributed by atoms with E-state index in [1.807, 2.05) is 13.8 Å². The SMILES string of the molecule is Cc1c(C)c2c(c(C)c1O)CCC(C)(C(=O)Nc1c(N)n(-c3cccc(Br)c3)c(=O)n(C)c1=O)O2. The number of phenolic OH excluding ortho intramolecular Hbond substituents is 1. The molecule has 9 nitrogen and oxygen atoms in total. The summed E-state index contributed by atoms with van der Waals surface area (Å²) in [5, 5.41) is 13.0. The Labute approximate surface area is 210 Å². The maximum absolute atomic E-state index is 13.5. The van der Waals surface area contributed by atoms with Crippen molar-refractivity contribution < 1.29 is 14.6 Å². The van der Waals surface area contributed by atoms with Crippen molar-refractivity contribution >= 4 is 33.3 Å². The number of nitrogens with zero attached hydrogens (tertiary/aromatic N) is 2. The Bertz CT molecular complexity index is 1510. The molecule has 4 N–H and O–H groups in total. The van der Waals surface area contributed by atoms with Gasteiger partial charge in [0.2, 0.25) is 0 Å². The maximum atomic E-state index is 13.5. The van der Waals surface area contributed by atoms with Crippen LogP contribution >= 0.6 is 15.9 Å². The molecule has 1 aliphatic heterocycles. The van der Waals surface area contributed by atoms with Crippen molar-refractivity contribution in [1.82, 2.24) is 9.13 Å². The molecule has 4 rings (SSSR count). The summed E-state index contributed by atoms with van der Waals surface area (Å²) in [5.74, 6) is 0.0389. The molecule has 0 radical (unpaired) electrons. The van der Waals surface area contributed by atoms with Crippen molar-refractivity contribution in [2.75, 3.05) is 11.1 Å². The Hall–Kier alpha value is -3.53. The van der Waals surface area contributed by atoms with Gasteiger partial charge in [-0.3, -0.25) is 14.2 Å². The molecule has 2 heterocycles. The van der Waals surface area contributed by atoms with E-state index in [-0.39, 0.29) is 17.3 Å². The van der Waals surface area contributed by atoms with Crippen LogP contribution in [0.5, 0.6) is 11.5 Å². The second-order valence-corrected chi connectivity index (χ2v) is 9.96. The van der Waals surface area contributed by atoms with E-state index in [2.05, 4.69) is 21.2 Å². The molecule has 1 aliphatic rings. The van der Waals surface area contributed by atoms with Gasteiger partial charge in [0.05, 0.1) is 5.69 Å². The molecule has 35 heavy (non-hydrogen) atoms. The highest BCUT2D eigenvalue weighted by Gasteiger charge is 2.41. The first-order valence-electron chi connectivity index (χ1n) is 11.1. The van der Waals surface area contributed by atoms with Crippen molar-refractivity contribution in [3.8, 4) is 17.2 Å². The van der Waals surface area contributed by atoms with Crippen molar-refractivity contribution in [2.24, 2.45) is 7.05 Å². The van der Waals surface area contributed by atoms with Crippen LogP contribution in [0.4, 0.5) is 11.5 Å². The van der Waals surface area contributed by atoms with Crippen LogP contribution in [0.15, 0.2) is 38.3 Å². The largest absolute Gasteiger partial charge is 0.507 e. The summed E-state index contributed by atoms with van der Waals surface area (Å²) in [5.41, 5.74) is 6.85. The predicted octanol–water partition coefficient (Wildman–Crippen LogP) is 3.23. The van der Waals surface area contributed by atoms with Crippen molar-refractivity contribution in [3.05, 3.63) is 71.8 Å². The second kappa shape index (κ2) is 8.60. The third-order valence-electron chi connectivity index (χ3n) is 6.80. The number of carbonyl (C=O) groups is 1. The van der Waals surface area contributed by atoms with Gasteiger partial charge in [0, 0.05) is 23.5 Å². The molecule has 3 aromatic rings. The molecule has 1 aromatic heterocycles. The van der Waals surface area contributed by atoms with Crippen LogP contribution in [0, 0.1) is 20.8 Å². The average Bonchev–Trinajstić information content (AvgIpc) is 2.82. The first-order valence-corrected chi connectivity index (χ1v) is 11.9. The average molecular weight is 543 g/mol. The Morgan fingerprint density at radius 3 is 2.54 bits per heavy atom. The van der Waals surface area contributed by atoms with Crippen LogP contribution in [0.1, 0.15) is 35.6 Å². The highest BCUT2D eigenvalue weighted by Crippen LogP contribution is 2.43. The monoisotopic (exact) mass is 542 g/mol. The first kappa shape index (κ1) is 24.6. The number of aromatic hydroxyl groups is 1. The number of anilines is 2. The molecule has 1 atom stereocenters.